The van der Waals surface area contributed by atoms with E-state index in [1.165, 1.54) is 23.3 Å². The fourth-order valence-electron chi connectivity index (χ4n) is 1.80. The van der Waals surface area contributed by atoms with Crippen molar-refractivity contribution in [1.29, 1.82) is 0 Å². The van der Waals surface area contributed by atoms with E-state index < -0.39 is 0 Å². The van der Waals surface area contributed by atoms with Gasteiger partial charge in [-0.25, -0.2) is 0 Å². The first-order valence-electron chi connectivity index (χ1n) is 6.62. The molecule has 0 amide bonds. The summed E-state index contributed by atoms with van der Waals surface area (Å²) in [5.74, 6) is 0. The zero-order valence-electron chi connectivity index (χ0n) is 11.5. The highest BCUT2D eigenvalue weighted by atomic mass is 32.2. The Kier molecular flexibility index (Phi) is 6.68. The van der Waals surface area contributed by atoms with Crippen molar-refractivity contribution in [3.63, 3.8) is 0 Å². The second-order valence-electron chi connectivity index (χ2n) is 4.66. The number of hydrogen-bond donors (Lipinski definition) is 1. The molecule has 96 valence electrons. The molecule has 2 heteroatoms. The Labute approximate surface area is 110 Å². The first-order chi connectivity index (χ1) is 8.15. The molecule has 0 saturated heterocycles. The van der Waals surface area contributed by atoms with E-state index >= 15 is 0 Å². The molecule has 0 heterocycles. The molecule has 0 aliphatic rings. The summed E-state index contributed by atoms with van der Waals surface area (Å²) in [5.41, 5.74) is 1.33. The van der Waals surface area contributed by atoms with Crippen LogP contribution in [0.1, 0.15) is 39.2 Å². The van der Waals surface area contributed by atoms with Crippen LogP contribution in [-0.4, -0.2) is 17.8 Å². The topological polar surface area (TPSA) is 12.0 Å². The van der Waals surface area contributed by atoms with Gasteiger partial charge in [0.2, 0.25) is 0 Å². The van der Waals surface area contributed by atoms with E-state index in [0.29, 0.717) is 11.3 Å². The quantitative estimate of drug-likeness (QED) is 0.727. The number of rotatable bonds is 7. The molecule has 0 aliphatic heterocycles. The van der Waals surface area contributed by atoms with E-state index in [0.717, 1.165) is 6.54 Å². The van der Waals surface area contributed by atoms with Gasteiger partial charge in [-0.15, -0.1) is 11.8 Å². The van der Waals surface area contributed by atoms with Gasteiger partial charge < -0.3 is 5.32 Å². The van der Waals surface area contributed by atoms with Gasteiger partial charge in [-0.3, -0.25) is 0 Å². The van der Waals surface area contributed by atoms with E-state index in [2.05, 4.69) is 57.3 Å². The molecule has 1 N–H and O–H groups in total. The second kappa shape index (κ2) is 7.78. The Morgan fingerprint density at radius 3 is 2.24 bits per heavy atom. The summed E-state index contributed by atoms with van der Waals surface area (Å²) in [6, 6.07) is 9.48. The van der Waals surface area contributed by atoms with E-state index in [-0.39, 0.29) is 0 Å². The van der Waals surface area contributed by atoms with Crippen LogP contribution in [0.2, 0.25) is 0 Å². The average molecular weight is 251 g/mol. The molecule has 0 radical (unpaired) electrons. The summed E-state index contributed by atoms with van der Waals surface area (Å²) < 4.78 is 0. The molecular formula is C15H25NS. The summed E-state index contributed by atoms with van der Waals surface area (Å²) in [5, 5.41) is 4.25. The van der Waals surface area contributed by atoms with Crippen LogP contribution in [0, 0.1) is 6.92 Å². The summed E-state index contributed by atoms with van der Waals surface area (Å²) in [6.45, 7) is 10.0. The fraction of sp³-hybridized carbons (Fsp3) is 0.600. The van der Waals surface area contributed by atoms with Crippen LogP contribution < -0.4 is 5.32 Å². The SMILES string of the molecule is CCC(CC)NCC(C)Sc1ccc(C)cc1. The van der Waals surface area contributed by atoms with Gasteiger partial charge in [0, 0.05) is 22.7 Å². The maximum Gasteiger partial charge on any atom is 0.0191 e. The summed E-state index contributed by atoms with van der Waals surface area (Å²) >= 11 is 1.95. The Morgan fingerprint density at radius 1 is 1.12 bits per heavy atom. The molecule has 1 rings (SSSR count). The largest absolute Gasteiger partial charge is 0.313 e. The smallest absolute Gasteiger partial charge is 0.0191 e. The minimum Gasteiger partial charge on any atom is -0.313 e. The Bertz CT molecular complexity index is 303. The Hall–Kier alpha value is -0.470. The maximum absolute atomic E-state index is 3.63. The van der Waals surface area contributed by atoms with Crippen molar-refractivity contribution in [1.82, 2.24) is 5.32 Å². The molecule has 0 saturated carbocycles. The number of hydrogen-bond acceptors (Lipinski definition) is 2. The van der Waals surface area contributed by atoms with Crippen LogP contribution in [0.4, 0.5) is 0 Å². The molecule has 1 unspecified atom stereocenters. The van der Waals surface area contributed by atoms with E-state index in [1.54, 1.807) is 0 Å². The van der Waals surface area contributed by atoms with Gasteiger partial charge in [-0.05, 0) is 31.9 Å². The first-order valence-corrected chi connectivity index (χ1v) is 7.50. The zero-order valence-corrected chi connectivity index (χ0v) is 12.3. The third-order valence-corrected chi connectivity index (χ3v) is 4.15. The molecule has 1 atom stereocenters. The highest BCUT2D eigenvalue weighted by Gasteiger charge is 2.07. The van der Waals surface area contributed by atoms with Crippen molar-refractivity contribution >= 4 is 11.8 Å². The summed E-state index contributed by atoms with van der Waals surface area (Å²) in [4.78, 5) is 1.37. The fourth-order valence-corrected chi connectivity index (χ4v) is 2.74. The van der Waals surface area contributed by atoms with Crippen molar-refractivity contribution in [2.45, 2.75) is 56.7 Å². The lowest BCUT2D eigenvalue weighted by Crippen LogP contribution is -2.32. The molecule has 1 aromatic rings. The predicted octanol–water partition coefficient (Wildman–Crippen LogP) is 4.25. The highest BCUT2D eigenvalue weighted by molar-refractivity contribution is 8.00. The van der Waals surface area contributed by atoms with Crippen LogP contribution in [0.25, 0.3) is 0 Å². The van der Waals surface area contributed by atoms with Crippen LogP contribution in [0.5, 0.6) is 0 Å². The van der Waals surface area contributed by atoms with Gasteiger partial charge >= 0.3 is 0 Å². The van der Waals surface area contributed by atoms with Crippen LogP contribution in [0.15, 0.2) is 29.2 Å². The molecule has 1 nitrogen and oxygen atoms in total. The number of benzene rings is 1. The monoisotopic (exact) mass is 251 g/mol. The van der Waals surface area contributed by atoms with Gasteiger partial charge in [0.15, 0.2) is 0 Å². The van der Waals surface area contributed by atoms with Gasteiger partial charge in [0.25, 0.3) is 0 Å². The lowest BCUT2D eigenvalue weighted by molar-refractivity contribution is 0.488. The standard InChI is InChI=1S/C15H25NS/c1-5-14(6-2)16-11-13(4)17-15-9-7-12(3)8-10-15/h7-10,13-14,16H,5-6,11H2,1-4H3. The predicted molar refractivity (Wildman–Crippen MR) is 78.9 cm³/mol. The normalized spacial score (nSPS) is 13.0. The molecule has 1 aromatic carbocycles. The molecule has 0 aromatic heterocycles. The molecule has 0 aliphatic carbocycles. The lowest BCUT2D eigenvalue weighted by Gasteiger charge is -2.18. The number of thioether (sulfide) groups is 1. The minimum absolute atomic E-state index is 0.623. The Balaban J connectivity index is 2.34. The van der Waals surface area contributed by atoms with E-state index in [1.807, 2.05) is 11.8 Å². The third kappa shape index (κ3) is 5.60. The van der Waals surface area contributed by atoms with Crippen LogP contribution >= 0.6 is 11.8 Å². The number of nitrogens with one attached hydrogen (secondary N) is 1. The van der Waals surface area contributed by atoms with E-state index in [4.69, 9.17) is 0 Å². The first kappa shape index (κ1) is 14.6. The van der Waals surface area contributed by atoms with Crippen molar-refractivity contribution in [2.75, 3.05) is 6.54 Å². The zero-order chi connectivity index (χ0) is 12.7. The molecular weight excluding hydrogens is 226 g/mol. The van der Waals surface area contributed by atoms with Gasteiger partial charge in [-0.1, -0.05) is 38.5 Å². The van der Waals surface area contributed by atoms with Crippen molar-refractivity contribution in [3.8, 4) is 0 Å². The van der Waals surface area contributed by atoms with Gasteiger partial charge in [0.1, 0.15) is 0 Å². The highest BCUT2D eigenvalue weighted by Crippen LogP contribution is 2.23. The Morgan fingerprint density at radius 2 is 1.71 bits per heavy atom. The molecule has 0 spiro atoms. The van der Waals surface area contributed by atoms with Crippen LogP contribution in [0.3, 0.4) is 0 Å². The van der Waals surface area contributed by atoms with Crippen molar-refractivity contribution in [2.24, 2.45) is 0 Å². The van der Waals surface area contributed by atoms with E-state index in [9.17, 15) is 0 Å². The average Bonchev–Trinajstić information content (AvgIpc) is 2.33. The second-order valence-corrected chi connectivity index (χ2v) is 6.18. The van der Waals surface area contributed by atoms with Crippen molar-refractivity contribution in [3.05, 3.63) is 29.8 Å². The minimum atomic E-state index is 0.623. The molecule has 17 heavy (non-hydrogen) atoms. The van der Waals surface area contributed by atoms with Gasteiger partial charge in [0.05, 0.1) is 0 Å². The summed E-state index contributed by atoms with van der Waals surface area (Å²) in [6.07, 6.45) is 2.44. The maximum atomic E-state index is 3.63. The summed E-state index contributed by atoms with van der Waals surface area (Å²) in [7, 11) is 0. The third-order valence-electron chi connectivity index (χ3n) is 3.04. The number of aryl methyl sites for hydroxylation is 1. The molecule has 0 fully saturated rings. The van der Waals surface area contributed by atoms with Crippen molar-refractivity contribution < 1.29 is 0 Å². The lowest BCUT2D eigenvalue weighted by atomic mass is 10.2. The van der Waals surface area contributed by atoms with Crippen LogP contribution in [-0.2, 0) is 0 Å². The molecule has 0 bridgehead atoms. The van der Waals surface area contributed by atoms with Gasteiger partial charge in [-0.2, -0.15) is 0 Å².